The molecule has 0 bridgehead atoms. The number of amidine groups is 1. The summed E-state index contributed by atoms with van der Waals surface area (Å²) < 4.78 is 0. The minimum atomic E-state index is -0.670. The Hall–Kier alpha value is -2.28. The van der Waals surface area contributed by atoms with Crippen molar-refractivity contribution < 1.29 is 9.59 Å². The van der Waals surface area contributed by atoms with Crippen molar-refractivity contribution in [3.8, 4) is 0 Å². The summed E-state index contributed by atoms with van der Waals surface area (Å²) in [6.45, 7) is 3.58. The van der Waals surface area contributed by atoms with Gasteiger partial charge in [-0.15, -0.1) is 0 Å². The Kier molecular flexibility index (Phi) is 5.60. The van der Waals surface area contributed by atoms with E-state index in [1.807, 2.05) is 19.1 Å². The topological polar surface area (TPSA) is 73.8 Å². The van der Waals surface area contributed by atoms with Crippen LogP contribution < -0.4 is 15.6 Å². The fraction of sp³-hybridized carbons (Fsp3) is 0.167. The lowest BCUT2D eigenvalue weighted by molar-refractivity contribution is -0.119. The number of rotatable bonds is 2. The van der Waals surface area contributed by atoms with E-state index in [1.54, 1.807) is 19.1 Å². The fourth-order valence-corrected chi connectivity index (χ4v) is 3.47. The third-order valence-electron chi connectivity index (χ3n) is 3.94. The van der Waals surface area contributed by atoms with E-state index in [9.17, 15) is 9.59 Å². The monoisotopic (exact) mass is 424 g/mol. The van der Waals surface area contributed by atoms with Crippen LogP contribution in [0.3, 0.4) is 0 Å². The molecule has 3 amide bonds. The summed E-state index contributed by atoms with van der Waals surface area (Å²) in [6.07, 6.45) is 0. The van der Waals surface area contributed by atoms with Gasteiger partial charge < -0.3 is 5.32 Å². The summed E-state index contributed by atoms with van der Waals surface area (Å²) in [4.78, 5) is 24.8. The van der Waals surface area contributed by atoms with Crippen molar-refractivity contribution in [3.05, 3.63) is 57.0 Å². The van der Waals surface area contributed by atoms with Gasteiger partial charge in [-0.25, -0.2) is 4.79 Å². The van der Waals surface area contributed by atoms with Crippen molar-refractivity contribution in [1.29, 1.82) is 0 Å². The molecule has 1 atom stereocenters. The Bertz CT molecular complexity index is 921. The van der Waals surface area contributed by atoms with Crippen molar-refractivity contribution in [2.45, 2.75) is 13.8 Å². The van der Waals surface area contributed by atoms with Gasteiger partial charge >= 0.3 is 6.03 Å². The van der Waals surface area contributed by atoms with Gasteiger partial charge in [0.15, 0.2) is 0 Å². The minimum absolute atomic E-state index is 0.183. The first kappa shape index (κ1) is 19.5. The van der Waals surface area contributed by atoms with Gasteiger partial charge in [-0.3, -0.25) is 10.1 Å². The first-order chi connectivity index (χ1) is 12.8. The van der Waals surface area contributed by atoms with Crippen LogP contribution in [-0.2, 0) is 4.79 Å². The zero-order chi connectivity index (χ0) is 19.7. The van der Waals surface area contributed by atoms with Crippen molar-refractivity contribution >= 4 is 64.0 Å². The van der Waals surface area contributed by atoms with Crippen LogP contribution in [0.1, 0.15) is 12.5 Å². The summed E-state index contributed by atoms with van der Waals surface area (Å²) in [7, 11) is 0. The number of aryl methyl sites for hydroxylation is 1. The Morgan fingerprint density at radius 2 is 1.67 bits per heavy atom. The molecular weight excluding hydrogens is 411 g/mol. The number of anilines is 2. The molecule has 9 heteroatoms. The van der Waals surface area contributed by atoms with E-state index in [-0.39, 0.29) is 27.5 Å². The number of carbonyl (C=O) groups is 2. The number of urea groups is 1. The number of hydrogen-bond acceptors (Lipinski definition) is 3. The molecule has 3 rings (SSSR count). The van der Waals surface area contributed by atoms with Gasteiger partial charge in [0.05, 0.1) is 16.0 Å². The molecule has 6 nitrogen and oxygen atoms in total. The molecule has 27 heavy (non-hydrogen) atoms. The number of nitrogens with one attached hydrogen (secondary N) is 2. The number of benzene rings is 2. The molecule has 2 aromatic rings. The van der Waals surface area contributed by atoms with Gasteiger partial charge in [-0.2, -0.15) is 10.1 Å². The molecule has 2 aromatic carbocycles. The second-order valence-electron chi connectivity index (χ2n) is 6.02. The Morgan fingerprint density at radius 1 is 1.07 bits per heavy atom. The summed E-state index contributed by atoms with van der Waals surface area (Å²) in [5.41, 5.74) is 1.92. The van der Waals surface area contributed by atoms with Crippen molar-refractivity contribution in [1.82, 2.24) is 5.32 Å². The Labute approximate surface area is 171 Å². The van der Waals surface area contributed by atoms with Crippen molar-refractivity contribution in [2.24, 2.45) is 11.0 Å². The molecule has 140 valence electrons. The van der Waals surface area contributed by atoms with E-state index >= 15 is 0 Å². The average Bonchev–Trinajstić information content (AvgIpc) is 2.84. The van der Waals surface area contributed by atoms with Gasteiger partial charge in [0.2, 0.25) is 0 Å². The number of hydrazone groups is 1. The lowest BCUT2D eigenvalue weighted by atomic mass is 10.1. The maximum Gasteiger partial charge on any atom is 0.324 e. The molecule has 0 radical (unpaired) electrons. The van der Waals surface area contributed by atoms with Crippen LogP contribution in [0, 0.1) is 12.8 Å². The van der Waals surface area contributed by atoms with Gasteiger partial charge in [0, 0.05) is 10.7 Å². The third-order valence-corrected chi connectivity index (χ3v) is 4.74. The van der Waals surface area contributed by atoms with Crippen LogP contribution in [0.4, 0.5) is 16.2 Å². The normalized spacial score (nSPS) is 16.3. The highest BCUT2D eigenvalue weighted by Gasteiger charge is 2.36. The summed E-state index contributed by atoms with van der Waals surface area (Å²) in [5.74, 6) is -0.852. The summed E-state index contributed by atoms with van der Waals surface area (Å²) in [6, 6.07) is 9.73. The molecule has 0 fully saturated rings. The number of carbonyl (C=O) groups excluding carboxylic acids is 2. The SMILES string of the molecule is Cc1ccc(NC(=O)NC2=NN(c3c(Cl)cc(Cl)cc3Cl)C(=O)C2C)cc1. The maximum absolute atomic E-state index is 12.6. The molecular formula is C18H15Cl3N4O2. The molecule has 0 saturated heterocycles. The van der Waals surface area contributed by atoms with Crippen LogP contribution in [0.5, 0.6) is 0 Å². The molecule has 0 aliphatic carbocycles. The quantitative estimate of drug-likeness (QED) is 0.704. The number of amides is 3. The molecule has 0 spiro atoms. The minimum Gasteiger partial charge on any atom is -0.308 e. The zero-order valence-corrected chi connectivity index (χ0v) is 16.7. The lowest BCUT2D eigenvalue weighted by Gasteiger charge is -2.16. The number of nitrogens with zero attached hydrogens (tertiary/aromatic N) is 2. The second kappa shape index (κ2) is 7.76. The zero-order valence-electron chi connectivity index (χ0n) is 14.4. The van der Waals surface area contributed by atoms with E-state index < -0.39 is 11.9 Å². The lowest BCUT2D eigenvalue weighted by Crippen LogP contribution is -2.38. The van der Waals surface area contributed by atoms with Gasteiger partial charge in [-0.1, -0.05) is 52.5 Å². The maximum atomic E-state index is 12.6. The van der Waals surface area contributed by atoms with E-state index in [4.69, 9.17) is 34.8 Å². The largest absolute Gasteiger partial charge is 0.324 e. The molecule has 1 unspecified atom stereocenters. The highest BCUT2D eigenvalue weighted by molar-refractivity contribution is 6.42. The van der Waals surface area contributed by atoms with Crippen molar-refractivity contribution in [2.75, 3.05) is 10.3 Å². The number of hydrogen-bond donors (Lipinski definition) is 2. The van der Waals surface area contributed by atoms with Crippen LogP contribution >= 0.6 is 34.8 Å². The molecule has 0 aromatic heterocycles. The highest BCUT2D eigenvalue weighted by atomic mass is 35.5. The van der Waals surface area contributed by atoms with Crippen LogP contribution in [0.2, 0.25) is 15.1 Å². The summed E-state index contributed by atoms with van der Waals surface area (Å²) >= 11 is 18.2. The van der Waals surface area contributed by atoms with E-state index in [0.29, 0.717) is 10.7 Å². The average molecular weight is 426 g/mol. The predicted octanol–water partition coefficient (Wildman–Crippen LogP) is 5.07. The summed E-state index contributed by atoms with van der Waals surface area (Å²) in [5, 5.41) is 11.2. The molecule has 1 heterocycles. The van der Waals surface area contributed by atoms with E-state index in [0.717, 1.165) is 10.6 Å². The smallest absolute Gasteiger partial charge is 0.308 e. The van der Waals surface area contributed by atoms with E-state index in [1.165, 1.54) is 12.1 Å². The Morgan fingerprint density at radius 3 is 2.26 bits per heavy atom. The molecule has 1 aliphatic rings. The first-order valence-electron chi connectivity index (χ1n) is 7.98. The molecule has 2 N–H and O–H groups in total. The standard InChI is InChI=1S/C18H15Cl3N4O2/c1-9-3-5-12(6-4-9)22-18(27)23-16-10(2)17(26)25(24-16)15-13(20)7-11(19)8-14(15)21/h3-8,10H,1-2H3,(H2,22,23,24,27). The fourth-order valence-electron chi connectivity index (χ4n) is 2.49. The van der Waals surface area contributed by atoms with Crippen molar-refractivity contribution in [3.63, 3.8) is 0 Å². The first-order valence-corrected chi connectivity index (χ1v) is 9.11. The van der Waals surface area contributed by atoms with Crippen LogP contribution in [-0.4, -0.2) is 17.8 Å². The second-order valence-corrected chi connectivity index (χ2v) is 7.27. The predicted molar refractivity (Wildman–Crippen MR) is 109 cm³/mol. The van der Waals surface area contributed by atoms with E-state index in [2.05, 4.69) is 15.7 Å². The Balaban J connectivity index is 1.80. The third kappa shape index (κ3) is 4.18. The van der Waals surface area contributed by atoms with Crippen LogP contribution in [0.15, 0.2) is 41.5 Å². The van der Waals surface area contributed by atoms with Crippen LogP contribution in [0.25, 0.3) is 0 Å². The highest BCUT2D eigenvalue weighted by Crippen LogP contribution is 2.38. The van der Waals surface area contributed by atoms with Gasteiger partial charge in [0.25, 0.3) is 5.91 Å². The molecule has 1 aliphatic heterocycles. The van der Waals surface area contributed by atoms with Gasteiger partial charge in [0.1, 0.15) is 11.5 Å². The number of halogens is 3. The molecule has 0 saturated carbocycles. The van der Waals surface area contributed by atoms with Gasteiger partial charge in [-0.05, 0) is 38.1 Å².